The van der Waals surface area contributed by atoms with Gasteiger partial charge in [-0.3, -0.25) is 0 Å². The van der Waals surface area contributed by atoms with Gasteiger partial charge in [0.1, 0.15) is 17.7 Å². The lowest BCUT2D eigenvalue weighted by Gasteiger charge is -2.15. The molecular formula is C26H21F3N6. The molecule has 0 spiro atoms. The number of halogens is 3. The van der Waals surface area contributed by atoms with Crippen molar-refractivity contribution in [2.45, 2.75) is 13.1 Å². The third-order valence-corrected chi connectivity index (χ3v) is 5.25. The van der Waals surface area contributed by atoms with Crippen LogP contribution in [0.3, 0.4) is 0 Å². The van der Waals surface area contributed by atoms with E-state index in [9.17, 15) is 13.2 Å². The average Bonchev–Trinajstić information content (AvgIpc) is 2.86. The van der Waals surface area contributed by atoms with Crippen LogP contribution in [0.1, 0.15) is 16.7 Å². The van der Waals surface area contributed by atoms with E-state index >= 15 is 0 Å². The van der Waals surface area contributed by atoms with E-state index in [4.69, 9.17) is 5.26 Å². The molecule has 0 fully saturated rings. The Morgan fingerprint density at radius 3 is 2.20 bits per heavy atom. The number of aromatic nitrogens is 3. The van der Waals surface area contributed by atoms with Gasteiger partial charge in [-0.2, -0.15) is 18.4 Å². The summed E-state index contributed by atoms with van der Waals surface area (Å²) in [5.41, 5.74) is 1.86. The molecule has 2 heterocycles. The second kappa shape index (κ2) is 10.2. The third-order valence-electron chi connectivity index (χ3n) is 5.25. The Hall–Kier alpha value is -4.45. The molecule has 9 heteroatoms. The van der Waals surface area contributed by atoms with Gasteiger partial charge in [0.25, 0.3) is 0 Å². The van der Waals surface area contributed by atoms with Crippen molar-refractivity contribution in [1.29, 1.82) is 5.26 Å². The van der Waals surface area contributed by atoms with Crippen molar-refractivity contribution in [3.8, 4) is 28.7 Å². The minimum atomic E-state index is -4.54. The zero-order valence-electron chi connectivity index (χ0n) is 18.8. The molecule has 0 aliphatic heterocycles. The van der Waals surface area contributed by atoms with Gasteiger partial charge in [-0.05, 0) is 30.7 Å². The van der Waals surface area contributed by atoms with E-state index in [1.807, 2.05) is 37.3 Å². The first-order valence-electron chi connectivity index (χ1n) is 10.8. The van der Waals surface area contributed by atoms with E-state index in [1.54, 1.807) is 18.2 Å². The van der Waals surface area contributed by atoms with Crippen molar-refractivity contribution in [1.82, 2.24) is 15.0 Å². The Kier molecular flexibility index (Phi) is 6.92. The molecule has 0 radical (unpaired) electrons. The number of nitrogens with zero attached hydrogens (tertiary/aromatic N) is 4. The van der Waals surface area contributed by atoms with E-state index in [0.717, 1.165) is 17.2 Å². The van der Waals surface area contributed by atoms with Crippen molar-refractivity contribution in [3.05, 3.63) is 89.6 Å². The Balaban J connectivity index is 1.62. The highest BCUT2D eigenvalue weighted by Gasteiger charge is 2.34. The van der Waals surface area contributed by atoms with E-state index < -0.39 is 11.7 Å². The lowest BCUT2D eigenvalue weighted by Crippen LogP contribution is -2.15. The summed E-state index contributed by atoms with van der Waals surface area (Å²) in [6, 6.07) is 19.9. The van der Waals surface area contributed by atoms with Crippen molar-refractivity contribution in [2.75, 3.05) is 23.7 Å². The summed E-state index contributed by atoms with van der Waals surface area (Å²) >= 11 is 0. The monoisotopic (exact) mass is 474 g/mol. The van der Waals surface area contributed by atoms with Gasteiger partial charge in [0, 0.05) is 36.5 Å². The van der Waals surface area contributed by atoms with Crippen LogP contribution in [0.4, 0.5) is 24.8 Å². The maximum Gasteiger partial charge on any atom is 0.417 e. The summed E-state index contributed by atoms with van der Waals surface area (Å²) in [5, 5.41) is 15.1. The maximum atomic E-state index is 13.7. The molecular weight excluding hydrogens is 453 g/mol. The van der Waals surface area contributed by atoms with E-state index in [-0.39, 0.29) is 11.4 Å². The average molecular weight is 474 g/mol. The van der Waals surface area contributed by atoms with Gasteiger partial charge in [-0.25, -0.2) is 15.0 Å². The fraction of sp³-hybridized carbons (Fsp3) is 0.154. The highest BCUT2D eigenvalue weighted by molar-refractivity contribution is 5.71. The van der Waals surface area contributed by atoms with Crippen LogP contribution >= 0.6 is 0 Å². The van der Waals surface area contributed by atoms with E-state index in [1.165, 1.54) is 24.4 Å². The van der Waals surface area contributed by atoms with Crippen LogP contribution in [0.5, 0.6) is 0 Å². The minimum Gasteiger partial charge on any atom is -0.368 e. The van der Waals surface area contributed by atoms with Crippen LogP contribution < -0.4 is 10.6 Å². The van der Waals surface area contributed by atoms with Crippen LogP contribution in [-0.4, -0.2) is 28.0 Å². The number of hydrogen-bond donors (Lipinski definition) is 2. The minimum absolute atomic E-state index is 0.0112. The summed E-state index contributed by atoms with van der Waals surface area (Å²) in [7, 11) is 0. The summed E-state index contributed by atoms with van der Waals surface area (Å²) in [6.07, 6.45) is -3.07. The van der Waals surface area contributed by atoms with E-state index in [0.29, 0.717) is 36.0 Å². The lowest BCUT2D eigenvalue weighted by molar-refractivity contribution is -0.137. The Morgan fingerprint density at radius 2 is 1.54 bits per heavy atom. The number of anilines is 2. The summed E-state index contributed by atoms with van der Waals surface area (Å²) in [6.45, 7) is 2.81. The second-order valence-corrected chi connectivity index (χ2v) is 7.72. The number of alkyl halides is 3. The van der Waals surface area contributed by atoms with Crippen LogP contribution in [0, 0.1) is 18.3 Å². The van der Waals surface area contributed by atoms with Crippen LogP contribution in [0.2, 0.25) is 0 Å². The van der Waals surface area contributed by atoms with E-state index in [2.05, 4.69) is 25.6 Å². The van der Waals surface area contributed by atoms with Crippen molar-refractivity contribution in [2.24, 2.45) is 0 Å². The summed E-state index contributed by atoms with van der Waals surface area (Å²) in [5.74, 6) is 0.997. The van der Waals surface area contributed by atoms with Crippen molar-refractivity contribution in [3.63, 3.8) is 0 Å². The quantitative estimate of drug-likeness (QED) is 0.323. The maximum absolute atomic E-state index is 13.7. The number of benzene rings is 2. The fourth-order valence-electron chi connectivity index (χ4n) is 3.53. The smallest absolute Gasteiger partial charge is 0.368 e. The molecule has 4 aromatic rings. The van der Waals surface area contributed by atoms with Crippen LogP contribution in [0.25, 0.3) is 22.6 Å². The highest BCUT2D eigenvalue weighted by Crippen LogP contribution is 2.37. The number of hydrogen-bond acceptors (Lipinski definition) is 6. The first kappa shape index (κ1) is 23.7. The van der Waals surface area contributed by atoms with Gasteiger partial charge < -0.3 is 10.6 Å². The molecule has 0 saturated carbocycles. The molecule has 6 nitrogen and oxygen atoms in total. The molecule has 0 atom stereocenters. The molecule has 176 valence electrons. The normalized spacial score (nSPS) is 11.1. The first-order valence-corrected chi connectivity index (χ1v) is 10.8. The molecule has 0 unspecified atom stereocenters. The molecule has 0 aliphatic rings. The highest BCUT2D eigenvalue weighted by atomic mass is 19.4. The van der Waals surface area contributed by atoms with Crippen LogP contribution in [-0.2, 0) is 6.18 Å². The molecule has 35 heavy (non-hydrogen) atoms. The Labute approximate surface area is 200 Å². The SMILES string of the molecule is Cc1ccccc1-c1cc(NCCNc2ccc(C#N)cn2)nc(-c2ccccc2C(F)(F)F)n1. The molecule has 0 aliphatic carbocycles. The molecule has 4 rings (SSSR count). The fourth-order valence-corrected chi connectivity index (χ4v) is 3.53. The zero-order chi connectivity index (χ0) is 24.8. The standard InChI is InChI=1S/C26H21F3N6/c1-17-6-2-3-7-19(17)22-14-24(32-13-12-31-23-11-10-18(15-30)16-33-23)35-25(34-22)20-8-4-5-9-21(20)26(27,28)29/h2-11,14,16H,12-13H2,1H3,(H,31,33)(H,32,34,35). The van der Waals surface area contributed by atoms with Crippen molar-refractivity contribution >= 4 is 11.6 Å². The number of nitriles is 1. The molecule has 0 amide bonds. The topological polar surface area (TPSA) is 86.5 Å². The van der Waals surface area contributed by atoms with Gasteiger partial charge in [-0.1, -0.05) is 42.5 Å². The van der Waals surface area contributed by atoms with Gasteiger partial charge in [0.05, 0.1) is 16.8 Å². The Bertz CT molecular complexity index is 1360. The summed E-state index contributed by atoms with van der Waals surface area (Å²) < 4.78 is 41.0. The second-order valence-electron chi connectivity index (χ2n) is 7.72. The molecule has 0 bridgehead atoms. The predicted octanol–water partition coefficient (Wildman–Crippen LogP) is 5.93. The molecule has 2 aromatic heterocycles. The lowest BCUT2D eigenvalue weighted by atomic mass is 10.0. The number of nitrogens with one attached hydrogen (secondary N) is 2. The first-order chi connectivity index (χ1) is 16.8. The van der Waals surface area contributed by atoms with Gasteiger partial charge in [0.15, 0.2) is 5.82 Å². The van der Waals surface area contributed by atoms with Gasteiger partial charge >= 0.3 is 6.18 Å². The number of rotatable bonds is 7. The third kappa shape index (κ3) is 5.73. The van der Waals surface area contributed by atoms with Gasteiger partial charge in [0.2, 0.25) is 0 Å². The van der Waals surface area contributed by atoms with Gasteiger partial charge in [-0.15, -0.1) is 0 Å². The predicted molar refractivity (Wildman–Crippen MR) is 129 cm³/mol. The Morgan fingerprint density at radius 1 is 0.857 bits per heavy atom. The molecule has 0 saturated heterocycles. The summed E-state index contributed by atoms with van der Waals surface area (Å²) in [4.78, 5) is 13.0. The zero-order valence-corrected chi connectivity index (χ0v) is 18.8. The van der Waals surface area contributed by atoms with Crippen molar-refractivity contribution < 1.29 is 13.2 Å². The number of pyridine rings is 1. The molecule has 2 aromatic carbocycles. The van der Waals surface area contributed by atoms with Crippen LogP contribution in [0.15, 0.2) is 72.9 Å². The largest absolute Gasteiger partial charge is 0.417 e. The molecule has 2 N–H and O–H groups in total. The number of aryl methyl sites for hydroxylation is 1.